The Balaban J connectivity index is 4.38. The van der Waals surface area contributed by atoms with Crippen LogP contribution in [0.3, 0.4) is 0 Å². The third kappa shape index (κ3) is 3.20. The van der Waals surface area contributed by atoms with Crippen LogP contribution in [0, 0.1) is 5.92 Å². The molecule has 0 aromatic carbocycles. The average Bonchev–Trinajstić information content (AvgIpc) is 1.82. The van der Waals surface area contributed by atoms with E-state index in [1.54, 1.807) is 7.05 Å². The van der Waals surface area contributed by atoms with Crippen LogP contribution in [0.1, 0.15) is 20.8 Å². The molecule has 0 aromatic heterocycles. The molecule has 0 rings (SSSR count). The van der Waals surface area contributed by atoms with Gasteiger partial charge >= 0.3 is 0 Å². The molecule has 0 spiro atoms. The first-order chi connectivity index (χ1) is 4.76. The zero-order valence-corrected chi connectivity index (χ0v) is 8.64. The van der Waals surface area contributed by atoms with Crippen molar-refractivity contribution < 1.29 is 8.42 Å². The van der Waals surface area contributed by atoms with E-state index in [2.05, 4.69) is 0 Å². The van der Waals surface area contributed by atoms with Gasteiger partial charge < -0.3 is 0 Å². The molecule has 0 aliphatic carbocycles. The summed E-state index contributed by atoms with van der Waals surface area (Å²) in [6.07, 6.45) is 1.23. The molecule has 0 aliphatic rings. The summed E-state index contributed by atoms with van der Waals surface area (Å²) in [4.78, 5) is 0. The number of sulfonamides is 1. The molecule has 0 radical (unpaired) electrons. The molecule has 0 fully saturated rings. The lowest BCUT2D eigenvalue weighted by Gasteiger charge is -2.25. The Morgan fingerprint density at radius 1 is 1.18 bits per heavy atom. The molecule has 4 heteroatoms. The van der Waals surface area contributed by atoms with Crippen molar-refractivity contribution in [3.05, 3.63) is 0 Å². The van der Waals surface area contributed by atoms with Gasteiger partial charge in [0.2, 0.25) is 10.0 Å². The Labute approximate surface area is 69.4 Å². The van der Waals surface area contributed by atoms with Crippen molar-refractivity contribution in [1.29, 1.82) is 0 Å². The molecule has 11 heavy (non-hydrogen) atoms. The van der Waals surface area contributed by atoms with Crippen molar-refractivity contribution in [2.45, 2.75) is 26.8 Å². The average molecular weight is 179 g/mol. The highest BCUT2D eigenvalue weighted by molar-refractivity contribution is 7.88. The molecular weight excluding hydrogens is 162 g/mol. The Morgan fingerprint density at radius 3 is 1.64 bits per heavy atom. The predicted octanol–water partition coefficient (Wildman–Crippen LogP) is 0.922. The molecule has 1 atom stereocenters. The second-order valence-electron chi connectivity index (χ2n) is 3.26. The minimum Gasteiger partial charge on any atom is -0.213 e. The van der Waals surface area contributed by atoms with Crippen LogP contribution in [0.5, 0.6) is 0 Å². The van der Waals surface area contributed by atoms with Crippen molar-refractivity contribution in [2.24, 2.45) is 5.92 Å². The molecule has 0 heterocycles. The van der Waals surface area contributed by atoms with Crippen LogP contribution in [-0.4, -0.2) is 32.1 Å². The van der Waals surface area contributed by atoms with Crippen LogP contribution in [0.2, 0.25) is 0 Å². The fourth-order valence-corrected chi connectivity index (χ4v) is 1.57. The van der Waals surface area contributed by atoms with E-state index in [4.69, 9.17) is 0 Å². The molecule has 0 saturated carbocycles. The maximum atomic E-state index is 11.0. The summed E-state index contributed by atoms with van der Waals surface area (Å²) in [6.45, 7) is 5.92. The van der Waals surface area contributed by atoms with Crippen LogP contribution in [0.25, 0.3) is 0 Å². The second-order valence-corrected chi connectivity index (χ2v) is 5.31. The van der Waals surface area contributed by atoms with Gasteiger partial charge in [-0.25, -0.2) is 12.7 Å². The third-order valence-corrected chi connectivity index (χ3v) is 3.44. The van der Waals surface area contributed by atoms with E-state index in [1.165, 1.54) is 10.6 Å². The highest BCUT2D eigenvalue weighted by Crippen LogP contribution is 2.10. The molecule has 0 bridgehead atoms. The van der Waals surface area contributed by atoms with Crippen molar-refractivity contribution in [3.8, 4) is 0 Å². The monoisotopic (exact) mass is 179 g/mol. The first kappa shape index (κ1) is 10.9. The number of hydrogen-bond acceptors (Lipinski definition) is 2. The summed E-state index contributed by atoms with van der Waals surface area (Å²) in [7, 11) is -1.40. The van der Waals surface area contributed by atoms with Crippen LogP contribution >= 0.6 is 0 Å². The largest absolute Gasteiger partial charge is 0.213 e. The third-order valence-electron chi connectivity index (χ3n) is 2.06. The van der Waals surface area contributed by atoms with Gasteiger partial charge in [-0.2, -0.15) is 0 Å². The Morgan fingerprint density at radius 2 is 1.55 bits per heavy atom. The lowest BCUT2D eigenvalue weighted by molar-refractivity contribution is 0.318. The van der Waals surface area contributed by atoms with E-state index in [1.807, 2.05) is 20.8 Å². The molecule has 0 saturated heterocycles. The van der Waals surface area contributed by atoms with Gasteiger partial charge in [0.05, 0.1) is 6.26 Å². The molecule has 0 N–H and O–H groups in total. The maximum absolute atomic E-state index is 11.0. The van der Waals surface area contributed by atoms with Crippen molar-refractivity contribution in [1.82, 2.24) is 4.31 Å². The predicted molar refractivity (Wildman–Crippen MR) is 46.9 cm³/mol. The van der Waals surface area contributed by atoms with Gasteiger partial charge in [-0.3, -0.25) is 0 Å². The first-order valence-corrected chi connectivity index (χ1v) is 5.54. The van der Waals surface area contributed by atoms with Crippen LogP contribution in [0.15, 0.2) is 0 Å². The molecular formula is C7H17NO2S. The van der Waals surface area contributed by atoms with Gasteiger partial charge in [-0.1, -0.05) is 13.8 Å². The van der Waals surface area contributed by atoms with Crippen molar-refractivity contribution in [2.75, 3.05) is 13.3 Å². The summed E-state index contributed by atoms with van der Waals surface area (Å²) in [5, 5.41) is 0. The lowest BCUT2D eigenvalue weighted by atomic mass is 10.1. The Bertz CT molecular complexity index is 208. The SMILES string of the molecule is CC(C)C(C)N(C)S(C)(=O)=O. The fraction of sp³-hybridized carbons (Fsp3) is 1.00. The van der Waals surface area contributed by atoms with Gasteiger partial charge in [0, 0.05) is 13.1 Å². The second kappa shape index (κ2) is 3.54. The molecule has 3 nitrogen and oxygen atoms in total. The minimum atomic E-state index is -3.01. The minimum absolute atomic E-state index is 0.0741. The smallest absolute Gasteiger partial charge is 0.211 e. The van der Waals surface area contributed by atoms with E-state index in [9.17, 15) is 8.42 Å². The Kier molecular flexibility index (Phi) is 3.51. The van der Waals surface area contributed by atoms with E-state index in [0.717, 1.165) is 0 Å². The van der Waals surface area contributed by atoms with Gasteiger partial charge in [0.15, 0.2) is 0 Å². The topological polar surface area (TPSA) is 37.4 Å². The van der Waals surface area contributed by atoms with Gasteiger partial charge in [0.25, 0.3) is 0 Å². The zero-order valence-electron chi connectivity index (χ0n) is 7.83. The van der Waals surface area contributed by atoms with E-state index in [0.29, 0.717) is 5.92 Å². The summed E-state index contributed by atoms with van der Waals surface area (Å²) >= 11 is 0. The summed E-state index contributed by atoms with van der Waals surface area (Å²) in [5.74, 6) is 0.356. The van der Waals surface area contributed by atoms with Crippen molar-refractivity contribution in [3.63, 3.8) is 0 Å². The lowest BCUT2D eigenvalue weighted by Crippen LogP contribution is -2.37. The normalized spacial score (nSPS) is 15.9. The van der Waals surface area contributed by atoms with Crippen LogP contribution < -0.4 is 0 Å². The van der Waals surface area contributed by atoms with Crippen LogP contribution in [-0.2, 0) is 10.0 Å². The van der Waals surface area contributed by atoms with E-state index in [-0.39, 0.29) is 6.04 Å². The van der Waals surface area contributed by atoms with Gasteiger partial charge in [-0.05, 0) is 12.8 Å². The standard InChI is InChI=1S/C7H17NO2S/c1-6(2)7(3)8(4)11(5,9)10/h6-7H,1-5H3. The van der Waals surface area contributed by atoms with E-state index >= 15 is 0 Å². The summed E-state index contributed by atoms with van der Waals surface area (Å²) < 4.78 is 23.4. The number of hydrogen-bond donors (Lipinski definition) is 0. The fourth-order valence-electron chi connectivity index (χ4n) is 0.722. The summed E-state index contributed by atoms with van der Waals surface area (Å²) in [5.41, 5.74) is 0. The summed E-state index contributed by atoms with van der Waals surface area (Å²) in [6, 6.07) is 0.0741. The highest BCUT2D eigenvalue weighted by Gasteiger charge is 2.20. The maximum Gasteiger partial charge on any atom is 0.211 e. The first-order valence-electron chi connectivity index (χ1n) is 3.69. The molecule has 0 amide bonds. The molecule has 0 aliphatic heterocycles. The number of nitrogens with zero attached hydrogens (tertiary/aromatic N) is 1. The quantitative estimate of drug-likeness (QED) is 0.646. The Hall–Kier alpha value is -0.0900. The molecule has 68 valence electrons. The van der Waals surface area contributed by atoms with Crippen LogP contribution in [0.4, 0.5) is 0 Å². The molecule has 0 aromatic rings. The highest BCUT2D eigenvalue weighted by atomic mass is 32.2. The van der Waals surface area contributed by atoms with E-state index < -0.39 is 10.0 Å². The molecule has 1 unspecified atom stereocenters. The van der Waals surface area contributed by atoms with Crippen molar-refractivity contribution >= 4 is 10.0 Å². The number of rotatable bonds is 3. The zero-order chi connectivity index (χ0) is 9.23. The van der Waals surface area contributed by atoms with Gasteiger partial charge in [0.1, 0.15) is 0 Å². The van der Waals surface area contributed by atoms with Gasteiger partial charge in [-0.15, -0.1) is 0 Å².